The van der Waals surface area contributed by atoms with Crippen molar-refractivity contribution in [3.63, 3.8) is 0 Å². The van der Waals surface area contributed by atoms with Gasteiger partial charge in [-0.2, -0.15) is 0 Å². The Balaban J connectivity index is 1.88. The molecule has 3 N–H and O–H groups in total. The number of methoxy groups -OCH3 is 1. The molecule has 1 amide bonds. The van der Waals surface area contributed by atoms with Crippen LogP contribution in [0.25, 0.3) is 22.2 Å². The summed E-state index contributed by atoms with van der Waals surface area (Å²) in [7, 11) is 1.37. The van der Waals surface area contributed by atoms with Gasteiger partial charge in [0.15, 0.2) is 5.54 Å². The van der Waals surface area contributed by atoms with Crippen LogP contribution in [-0.2, 0) is 20.7 Å². The fourth-order valence-electron chi connectivity index (χ4n) is 3.38. The number of H-pyrrole nitrogens is 1. The SMILES string of the molecule is COC[C@](C)(NC(=O)CCc1c(-c2ccccc2)[nH]c2ccc(F)cc12)C(=O)O. The van der Waals surface area contributed by atoms with E-state index in [1.807, 2.05) is 30.3 Å². The maximum Gasteiger partial charge on any atom is 0.331 e. The number of amides is 1. The fourth-order valence-corrected chi connectivity index (χ4v) is 3.38. The molecule has 3 rings (SSSR count). The highest BCUT2D eigenvalue weighted by atomic mass is 19.1. The van der Waals surface area contributed by atoms with E-state index < -0.39 is 17.4 Å². The Morgan fingerprint density at radius 1 is 1.21 bits per heavy atom. The van der Waals surface area contributed by atoms with Crippen molar-refractivity contribution >= 4 is 22.8 Å². The summed E-state index contributed by atoms with van der Waals surface area (Å²) in [5.74, 6) is -1.95. The first-order chi connectivity index (χ1) is 13.8. The number of hydrogen-bond acceptors (Lipinski definition) is 3. The molecule has 29 heavy (non-hydrogen) atoms. The fraction of sp³-hybridized carbons (Fsp3) is 0.273. The molecule has 0 aliphatic heterocycles. The molecule has 6 nitrogen and oxygen atoms in total. The van der Waals surface area contributed by atoms with Gasteiger partial charge in [0.05, 0.1) is 6.61 Å². The number of carboxylic acid groups (broad SMARTS) is 1. The number of aryl methyl sites for hydroxylation is 1. The molecule has 0 radical (unpaired) electrons. The Labute approximate surface area is 167 Å². The van der Waals surface area contributed by atoms with Crippen LogP contribution in [0.2, 0.25) is 0 Å². The van der Waals surface area contributed by atoms with Gasteiger partial charge in [-0.15, -0.1) is 0 Å². The van der Waals surface area contributed by atoms with Gasteiger partial charge in [0.25, 0.3) is 0 Å². The lowest BCUT2D eigenvalue weighted by Crippen LogP contribution is -2.55. The molecule has 1 heterocycles. The molecule has 0 bridgehead atoms. The number of carbonyl (C=O) groups excluding carboxylic acids is 1. The number of hydrogen-bond donors (Lipinski definition) is 3. The summed E-state index contributed by atoms with van der Waals surface area (Å²) < 4.78 is 18.8. The second-order valence-electron chi connectivity index (χ2n) is 7.15. The number of halogens is 1. The van der Waals surface area contributed by atoms with Gasteiger partial charge in [-0.3, -0.25) is 4.79 Å². The lowest BCUT2D eigenvalue weighted by atomic mass is 9.99. The van der Waals surface area contributed by atoms with E-state index in [0.29, 0.717) is 11.8 Å². The number of rotatable bonds is 8. The molecule has 0 saturated carbocycles. The summed E-state index contributed by atoms with van der Waals surface area (Å²) in [6.45, 7) is 1.24. The number of aromatic nitrogens is 1. The molecule has 0 spiro atoms. The smallest absolute Gasteiger partial charge is 0.331 e. The highest BCUT2D eigenvalue weighted by molar-refractivity contribution is 5.92. The van der Waals surface area contributed by atoms with Crippen molar-refractivity contribution in [1.82, 2.24) is 10.3 Å². The zero-order chi connectivity index (χ0) is 21.0. The first-order valence-electron chi connectivity index (χ1n) is 9.23. The van der Waals surface area contributed by atoms with Crippen molar-refractivity contribution in [3.05, 3.63) is 59.9 Å². The number of ether oxygens (including phenoxy) is 1. The number of aromatic amines is 1. The molecule has 2 aromatic carbocycles. The summed E-state index contributed by atoms with van der Waals surface area (Å²) in [6, 6.07) is 14.1. The third-order valence-corrected chi connectivity index (χ3v) is 4.85. The van der Waals surface area contributed by atoms with Gasteiger partial charge in [-0.05, 0) is 42.7 Å². The highest BCUT2D eigenvalue weighted by Crippen LogP contribution is 2.31. The average molecular weight is 398 g/mol. The van der Waals surface area contributed by atoms with Gasteiger partial charge in [-0.25, -0.2) is 9.18 Å². The number of nitrogens with one attached hydrogen (secondary N) is 2. The van der Waals surface area contributed by atoms with Crippen LogP contribution in [0.15, 0.2) is 48.5 Å². The maximum atomic E-state index is 13.9. The van der Waals surface area contributed by atoms with Crippen molar-refractivity contribution < 1.29 is 23.8 Å². The van der Waals surface area contributed by atoms with E-state index in [-0.39, 0.29) is 18.8 Å². The topological polar surface area (TPSA) is 91.4 Å². The summed E-state index contributed by atoms with van der Waals surface area (Å²) in [5, 5.41) is 12.6. The molecule has 3 aromatic rings. The van der Waals surface area contributed by atoms with Crippen LogP contribution in [0.1, 0.15) is 18.9 Å². The highest BCUT2D eigenvalue weighted by Gasteiger charge is 2.34. The Kier molecular flexibility index (Phi) is 5.98. The van der Waals surface area contributed by atoms with Gasteiger partial charge < -0.3 is 20.1 Å². The molecular formula is C22H23FN2O4. The van der Waals surface area contributed by atoms with Crippen LogP contribution in [0, 0.1) is 5.82 Å². The van der Waals surface area contributed by atoms with Gasteiger partial charge >= 0.3 is 5.97 Å². The van der Waals surface area contributed by atoms with Gasteiger partial charge in [0.2, 0.25) is 5.91 Å². The minimum absolute atomic E-state index is 0.0515. The normalized spacial score (nSPS) is 13.2. The largest absolute Gasteiger partial charge is 0.479 e. The van der Waals surface area contributed by atoms with Gasteiger partial charge in [0, 0.05) is 30.1 Å². The Hall–Kier alpha value is -3.19. The monoisotopic (exact) mass is 398 g/mol. The third-order valence-electron chi connectivity index (χ3n) is 4.85. The van der Waals surface area contributed by atoms with Crippen LogP contribution in [0.5, 0.6) is 0 Å². The van der Waals surface area contributed by atoms with Crippen molar-refractivity contribution in [3.8, 4) is 11.3 Å². The molecule has 0 aliphatic carbocycles. The molecular weight excluding hydrogens is 375 g/mol. The van der Waals surface area contributed by atoms with Crippen molar-refractivity contribution in [2.45, 2.75) is 25.3 Å². The molecule has 0 saturated heterocycles. The zero-order valence-corrected chi connectivity index (χ0v) is 16.3. The number of carbonyl (C=O) groups is 2. The third kappa shape index (κ3) is 4.46. The quantitative estimate of drug-likeness (QED) is 0.542. The molecule has 7 heteroatoms. The first kappa shape index (κ1) is 20.5. The maximum absolute atomic E-state index is 13.9. The lowest BCUT2D eigenvalue weighted by molar-refractivity contribution is -0.149. The van der Waals surface area contributed by atoms with Gasteiger partial charge in [-0.1, -0.05) is 30.3 Å². The summed E-state index contributed by atoms with van der Waals surface area (Å²) in [4.78, 5) is 27.3. The van der Waals surface area contributed by atoms with E-state index in [1.165, 1.54) is 26.2 Å². The molecule has 0 aliphatic rings. The van der Waals surface area contributed by atoms with Gasteiger partial charge in [0.1, 0.15) is 5.82 Å². The van der Waals surface area contributed by atoms with E-state index in [9.17, 15) is 19.1 Å². The van der Waals surface area contributed by atoms with Crippen LogP contribution in [0.3, 0.4) is 0 Å². The first-order valence-corrected chi connectivity index (χ1v) is 9.23. The van der Waals surface area contributed by atoms with Crippen LogP contribution >= 0.6 is 0 Å². The van der Waals surface area contributed by atoms with E-state index in [1.54, 1.807) is 6.07 Å². The predicted octanol–water partition coefficient (Wildman–Crippen LogP) is 3.51. The van der Waals surface area contributed by atoms with Crippen LogP contribution < -0.4 is 5.32 Å². The van der Waals surface area contributed by atoms with Crippen LogP contribution in [-0.4, -0.2) is 41.2 Å². The summed E-state index contributed by atoms with van der Waals surface area (Å²) >= 11 is 0. The molecule has 0 fully saturated rings. The minimum Gasteiger partial charge on any atom is -0.479 e. The number of benzene rings is 2. The van der Waals surface area contributed by atoms with Crippen LogP contribution in [0.4, 0.5) is 4.39 Å². The molecule has 1 atom stereocenters. The van der Waals surface area contributed by atoms with E-state index in [2.05, 4.69) is 10.3 Å². The van der Waals surface area contributed by atoms with E-state index >= 15 is 0 Å². The summed E-state index contributed by atoms with van der Waals surface area (Å²) in [5.41, 5.74) is 1.81. The second kappa shape index (κ2) is 8.45. The lowest BCUT2D eigenvalue weighted by Gasteiger charge is -2.25. The molecule has 0 unspecified atom stereocenters. The average Bonchev–Trinajstić information content (AvgIpc) is 3.04. The van der Waals surface area contributed by atoms with E-state index in [0.717, 1.165) is 22.3 Å². The number of fused-ring (bicyclic) bond motifs is 1. The van der Waals surface area contributed by atoms with E-state index in [4.69, 9.17) is 4.74 Å². The van der Waals surface area contributed by atoms with Crippen molar-refractivity contribution in [2.75, 3.05) is 13.7 Å². The molecule has 1 aromatic heterocycles. The number of carboxylic acids is 1. The standard InChI is InChI=1S/C22H23FN2O4/c1-22(13-29-2,21(27)28)25-19(26)11-9-16-17-12-15(23)8-10-18(17)24-20(16)14-6-4-3-5-7-14/h3-8,10,12,24H,9,11,13H2,1-2H3,(H,25,26)(H,27,28)/t22-/m0/s1. The Morgan fingerprint density at radius 3 is 2.59 bits per heavy atom. The zero-order valence-electron chi connectivity index (χ0n) is 16.3. The number of aliphatic carboxylic acids is 1. The Morgan fingerprint density at radius 2 is 1.93 bits per heavy atom. The molecule has 152 valence electrons. The summed E-state index contributed by atoms with van der Waals surface area (Å²) in [6.07, 6.45) is 0.373. The second-order valence-corrected chi connectivity index (χ2v) is 7.15. The van der Waals surface area contributed by atoms with Crippen molar-refractivity contribution in [2.24, 2.45) is 0 Å². The predicted molar refractivity (Wildman–Crippen MR) is 108 cm³/mol. The van der Waals surface area contributed by atoms with Crippen molar-refractivity contribution in [1.29, 1.82) is 0 Å². The Bertz CT molecular complexity index is 1030. The minimum atomic E-state index is -1.51.